The highest BCUT2D eigenvalue weighted by Gasteiger charge is 2.01. The summed E-state index contributed by atoms with van der Waals surface area (Å²) in [5, 5.41) is 0. The van der Waals surface area contributed by atoms with Crippen molar-refractivity contribution in [3.05, 3.63) is 79.6 Å². The van der Waals surface area contributed by atoms with Gasteiger partial charge in [0.05, 0.1) is 26.1 Å². The number of ether oxygens (including phenoxy) is 4. The summed E-state index contributed by atoms with van der Waals surface area (Å²) in [5.41, 5.74) is 3.81. The maximum Gasteiger partial charge on any atom is 0.330 e. The minimum Gasteiger partial charge on any atom is -0.494 e. The number of hydrogen-bond donors (Lipinski definition) is 0. The zero-order chi connectivity index (χ0) is 27.1. The molecule has 0 radical (unpaired) electrons. The van der Waals surface area contributed by atoms with Gasteiger partial charge in [-0.3, -0.25) is 0 Å². The highest BCUT2D eigenvalue weighted by molar-refractivity contribution is 5.81. The highest BCUT2D eigenvalue weighted by atomic mass is 16.7. The molecule has 0 unspecified atom stereocenters. The van der Waals surface area contributed by atoms with E-state index in [4.69, 9.17) is 18.9 Å². The lowest BCUT2D eigenvalue weighted by atomic mass is 10.0. The van der Waals surface area contributed by atoms with Gasteiger partial charge >= 0.3 is 5.97 Å². The third-order valence-electron chi connectivity index (χ3n) is 6.38. The summed E-state index contributed by atoms with van der Waals surface area (Å²) in [4.78, 5) is 11.0. The maximum atomic E-state index is 11.0. The average Bonchev–Trinajstić information content (AvgIpc) is 2.95. The molecule has 0 saturated carbocycles. The Bertz CT molecular complexity index is 889. The molecule has 0 amide bonds. The molecule has 0 aliphatic rings. The molecule has 2 aromatic rings. The fourth-order valence-electron chi connectivity index (χ4n) is 4.16. The van der Waals surface area contributed by atoms with Gasteiger partial charge in [0.15, 0.2) is 6.79 Å². The molecule has 38 heavy (non-hydrogen) atoms. The van der Waals surface area contributed by atoms with Gasteiger partial charge in [-0.25, -0.2) is 4.79 Å². The molecular weight excluding hydrogens is 476 g/mol. The fraction of sp³-hybridized carbons (Fsp3) is 0.485. The van der Waals surface area contributed by atoms with Gasteiger partial charge in [-0.05, 0) is 60.9 Å². The minimum atomic E-state index is -0.333. The first-order chi connectivity index (χ1) is 18.7. The van der Waals surface area contributed by atoms with E-state index < -0.39 is 0 Å². The van der Waals surface area contributed by atoms with Gasteiger partial charge in [-0.1, -0.05) is 94.5 Å². The summed E-state index contributed by atoms with van der Waals surface area (Å²) < 4.78 is 21.2. The van der Waals surface area contributed by atoms with Crippen molar-refractivity contribution in [1.29, 1.82) is 0 Å². The molecular formula is C33H46O5. The molecule has 0 aromatic heterocycles. The fourth-order valence-corrected chi connectivity index (χ4v) is 4.16. The summed E-state index contributed by atoms with van der Waals surface area (Å²) in [6, 6.07) is 17.3. The van der Waals surface area contributed by atoms with Gasteiger partial charge in [0.2, 0.25) is 0 Å². The first kappa shape index (κ1) is 31.2. The minimum absolute atomic E-state index is 0.302. The summed E-state index contributed by atoms with van der Waals surface area (Å²) in [6.45, 7) is 9.18. The Balaban J connectivity index is 1.52. The number of unbranched alkanes of at least 4 members (excludes halogenated alkanes) is 9. The van der Waals surface area contributed by atoms with E-state index in [1.807, 2.05) is 0 Å². The number of carbonyl (C=O) groups is 1. The van der Waals surface area contributed by atoms with Crippen LogP contribution in [0.2, 0.25) is 0 Å². The van der Waals surface area contributed by atoms with Gasteiger partial charge in [0.25, 0.3) is 0 Å². The first-order valence-electron chi connectivity index (χ1n) is 14.1. The summed E-state index contributed by atoms with van der Waals surface area (Å²) >= 11 is 0. The van der Waals surface area contributed by atoms with E-state index in [1.165, 1.54) is 74.0 Å². The van der Waals surface area contributed by atoms with Crippen molar-refractivity contribution in [3.8, 4) is 16.9 Å². The zero-order valence-electron chi connectivity index (χ0n) is 23.0. The lowest BCUT2D eigenvalue weighted by molar-refractivity contribution is -0.137. The standard InChI is InChI=1S/C33H46O5/c1-3-33(34)38-27-15-11-7-8-12-16-29-17-19-30(20-18-29)31-21-23-32(24-22-31)37-26-14-10-6-5-9-13-25-36-28-35-4-2/h3-4,17-24H,1-2,5-16,25-28H2. The second-order valence-corrected chi connectivity index (χ2v) is 9.44. The second kappa shape index (κ2) is 20.9. The Hall–Kier alpha value is -3.05. The van der Waals surface area contributed by atoms with Crippen LogP contribution in [-0.2, 0) is 25.4 Å². The summed E-state index contributed by atoms with van der Waals surface area (Å²) in [6.07, 6.45) is 16.3. The van der Waals surface area contributed by atoms with Crippen molar-refractivity contribution in [2.75, 3.05) is 26.6 Å². The van der Waals surface area contributed by atoms with Gasteiger partial charge in [0, 0.05) is 6.08 Å². The van der Waals surface area contributed by atoms with Crippen LogP contribution in [-0.4, -0.2) is 32.6 Å². The Morgan fingerprint density at radius 1 is 0.658 bits per heavy atom. The van der Waals surface area contributed by atoms with E-state index in [0.29, 0.717) is 13.4 Å². The van der Waals surface area contributed by atoms with Crippen molar-refractivity contribution < 1.29 is 23.7 Å². The number of hydrogen-bond acceptors (Lipinski definition) is 5. The van der Waals surface area contributed by atoms with Gasteiger partial charge in [-0.15, -0.1) is 0 Å². The Kier molecular flexibility index (Phi) is 17.2. The smallest absolute Gasteiger partial charge is 0.330 e. The number of rotatable bonds is 23. The quantitative estimate of drug-likeness (QED) is 0.0482. The molecule has 2 rings (SSSR count). The average molecular weight is 523 g/mol. The monoisotopic (exact) mass is 522 g/mol. The predicted octanol–water partition coefficient (Wildman–Crippen LogP) is 8.43. The van der Waals surface area contributed by atoms with E-state index in [0.717, 1.165) is 51.1 Å². The highest BCUT2D eigenvalue weighted by Crippen LogP contribution is 2.23. The second-order valence-electron chi connectivity index (χ2n) is 9.44. The molecule has 0 atom stereocenters. The third kappa shape index (κ3) is 14.6. The molecule has 0 aliphatic carbocycles. The number of benzene rings is 2. The van der Waals surface area contributed by atoms with Crippen molar-refractivity contribution in [2.24, 2.45) is 0 Å². The van der Waals surface area contributed by atoms with Crippen LogP contribution in [0.3, 0.4) is 0 Å². The predicted molar refractivity (Wildman–Crippen MR) is 155 cm³/mol. The molecule has 5 nitrogen and oxygen atoms in total. The number of carbonyl (C=O) groups excluding carboxylic acids is 1. The number of esters is 1. The molecule has 2 aromatic carbocycles. The summed E-state index contributed by atoms with van der Waals surface area (Å²) in [7, 11) is 0. The molecule has 208 valence electrons. The van der Waals surface area contributed by atoms with Gasteiger partial charge in [-0.2, -0.15) is 0 Å². The van der Waals surface area contributed by atoms with E-state index in [9.17, 15) is 4.79 Å². The summed E-state index contributed by atoms with van der Waals surface area (Å²) in [5.74, 6) is 0.600. The van der Waals surface area contributed by atoms with Crippen LogP contribution in [0.15, 0.2) is 74.0 Å². The number of aryl methyl sites for hydroxylation is 1. The topological polar surface area (TPSA) is 54.0 Å². The van der Waals surface area contributed by atoms with E-state index in [1.54, 1.807) is 0 Å². The molecule has 0 heterocycles. The SMILES string of the molecule is C=COCOCCCCCCCCOc1ccc(-c2ccc(CCCCCCCOC(=O)C=C)cc2)cc1. The maximum absolute atomic E-state index is 11.0. The van der Waals surface area contributed by atoms with Crippen LogP contribution in [0.1, 0.15) is 76.2 Å². The van der Waals surface area contributed by atoms with Crippen molar-refractivity contribution in [2.45, 2.75) is 77.0 Å². The first-order valence-corrected chi connectivity index (χ1v) is 14.1. The molecule has 0 bridgehead atoms. The van der Waals surface area contributed by atoms with Crippen LogP contribution in [0.25, 0.3) is 11.1 Å². The van der Waals surface area contributed by atoms with Crippen LogP contribution in [0, 0.1) is 0 Å². The van der Waals surface area contributed by atoms with Crippen molar-refractivity contribution >= 4 is 5.97 Å². The van der Waals surface area contributed by atoms with E-state index >= 15 is 0 Å². The van der Waals surface area contributed by atoms with E-state index in [2.05, 4.69) is 61.7 Å². The zero-order valence-corrected chi connectivity index (χ0v) is 23.0. The largest absolute Gasteiger partial charge is 0.494 e. The molecule has 0 aliphatic heterocycles. The van der Waals surface area contributed by atoms with Crippen LogP contribution in [0.5, 0.6) is 5.75 Å². The Morgan fingerprint density at radius 3 is 1.84 bits per heavy atom. The van der Waals surface area contributed by atoms with Gasteiger partial charge < -0.3 is 18.9 Å². The third-order valence-corrected chi connectivity index (χ3v) is 6.38. The lowest BCUT2D eigenvalue weighted by Crippen LogP contribution is -2.01. The van der Waals surface area contributed by atoms with Crippen LogP contribution in [0.4, 0.5) is 0 Å². The Morgan fingerprint density at radius 2 is 1.21 bits per heavy atom. The molecule has 0 N–H and O–H groups in total. The molecule has 0 fully saturated rings. The van der Waals surface area contributed by atoms with Crippen LogP contribution >= 0.6 is 0 Å². The van der Waals surface area contributed by atoms with Crippen molar-refractivity contribution in [1.82, 2.24) is 0 Å². The van der Waals surface area contributed by atoms with Crippen LogP contribution < -0.4 is 4.74 Å². The van der Waals surface area contributed by atoms with Gasteiger partial charge in [0.1, 0.15) is 5.75 Å². The van der Waals surface area contributed by atoms with Crippen molar-refractivity contribution in [3.63, 3.8) is 0 Å². The molecule has 0 saturated heterocycles. The lowest BCUT2D eigenvalue weighted by Gasteiger charge is -2.08. The molecule has 0 spiro atoms. The normalized spacial score (nSPS) is 10.6. The Labute approximate surface area is 229 Å². The van der Waals surface area contributed by atoms with E-state index in [-0.39, 0.29) is 5.97 Å². The molecule has 5 heteroatoms.